The summed E-state index contributed by atoms with van der Waals surface area (Å²) in [5.41, 5.74) is 4.09. The van der Waals surface area contributed by atoms with Gasteiger partial charge in [-0.05, 0) is 37.1 Å². The van der Waals surface area contributed by atoms with E-state index in [-0.39, 0.29) is 0 Å². The minimum absolute atomic E-state index is 0.419. The molecule has 0 amide bonds. The van der Waals surface area contributed by atoms with Crippen LogP contribution in [0.5, 0.6) is 0 Å². The average molecular weight is 466 g/mol. The summed E-state index contributed by atoms with van der Waals surface area (Å²) in [6.07, 6.45) is 6.75. The number of ether oxygens (including phenoxy) is 1. The van der Waals surface area contributed by atoms with E-state index < -0.39 is 0 Å². The number of benzene rings is 2. The third-order valence-corrected chi connectivity index (χ3v) is 7.25. The Bertz CT molecular complexity index is 1510. The molecule has 7 rings (SSSR count). The minimum atomic E-state index is 0.419. The maximum absolute atomic E-state index is 5.60. The number of hydrogen-bond donors (Lipinski definition) is 1. The standard InChI is InChI=1S/C27H27N7O/c1-2-7-18(6-1)25-29-22-9-3-4-11-23(22)34(25)27-31-24(20-8-5-10-21-19(20)12-13-28-21)30-26(32-27)33-14-16-35-17-15-33/h3-5,8-13,18,28H,1-2,6-7,14-17H2. The lowest BCUT2D eigenvalue weighted by atomic mass is 10.1. The zero-order valence-corrected chi connectivity index (χ0v) is 19.5. The molecule has 1 aliphatic carbocycles. The molecule has 4 heterocycles. The van der Waals surface area contributed by atoms with Gasteiger partial charge in [0, 0.05) is 41.7 Å². The Labute approximate surface area is 203 Å². The molecular weight excluding hydrogens is 438 g/mol. The summed E-state index contributed by atoms with van der Waals surface area (Å²) in [6, 6.07) is 16.6. The Morgan fingerprint density at radius 1 is 0.829 bits per heavy atom. The number of imidazole rings is 1. The normalized spacial score (nSPS) is 17.1. The van der Waals surface area contributed by atoms with Crippen LogP contribution in [0.25, 0.3) is 39.3 Å². The largest absolute Gasteiger partial charge is 0.378 e. The second kappa shape index (κ2) is 8.46. The van der Waals surface area contributed by atoms with Gasteiger partial charge in [0.15, 0.2) is 5.82 Å². The third kappa shape index (κ3) is 3.56. The van der Waals surface area contributed by atoms with Crippen LogP contribution < -0.4 is 4.90 Å². The van der Waals surface area contributed by atoms with Crippen LogP contribution in [0.2, 0.25) is 0 Å². The number of aromatic nitrogens is 6. The molecule has 2 aromatic carbocycles. The number of para-hydroxylation sites is 2. The first-order chi connectivity index (χ1) is 17.3. The van der Waals surface area contributed by atoms with Gasteiger partial charge in [0.2, 0.25) is 11.9 Å². The molecule has 3 aromatic heterocycles. The van der Waals surface area contributed by atoms with Crippen molar-refractivity contribution in [3.8, 4) is 17.3 Å². The summed E-state index contributed by atoms with van der Waals surface area (Å²) in [6.45, 7) is 2.87. The van der Waals surface area contributed by atoms with E-state index in [1.54, 1.807) is 0 Å². The van der Waals surface area contributed by atoms with Crippen molar-refractivity contribution < 1.29 is 4.74 Å². The van der Waals surface area contributed by atoms with Crippen molar-refractivity contribution in [2.75, 3.05) is 31.2 Å². The predicted octanol–water partition coefficient (Wildman–Crippen LogP) is 4.85. The van der Waals surface area contributed by atoms with Gasteiger partial charge in [0.1, 0.15) is 5.82 Å². The van der Waals surface area contributed by atoms with Gasteiger partial charge in [-0.15, -0.1) is 0 Å². The summed E-state index contributed by atoms with van der Waals surface area (Å²) in [5.74, 6) is 3.49. The Kier molecular flexibility index (Phi) is 4.98. The van der Waals surface area contributed by atoms with Crippen molar-refractivity contribution in [1.29, 1.82) is 0 Å². The molecule has 1 aliphatic heterocycles. The van der Waals surface area contributed by atoms with E-state index in [2.05, 4.69) is 50.8 Å². The van der Waals surface area contributed by atoms with Gasteiger partial charge in [0.05, 0.1) is 24.2 Å². The maximum atomic E-state index is 5.60. The third-order valence-electron chi connectivity index (χ3n) is 7.25. The van der Waals surface area contributed by atoms with Gasteiger partial charge in [-0.3, -0.25) is 4.57 Å². The van der Waals surface area contributed by atoms with E-state index in [1.165, 1.54) is 12.8 Å². The van der Waals surface area contributed by atoms with Crippen molar-refractivity contribution in [1.82, 2.24) is 29.5 Å². The molecule has 8 heteroatoms. The fourth-order valence-electron chi connectivity index (χ4n) is 5.47. The summed E-state index contributed by atoms with van der Waals surface area (Å²) >= 11 is 0. The van der Waals surface area contributed by atoms with Crippen LogP contribution in [-0.2, 0) is 4.74 Å². The lowest BCUT2D eigenvalue weighted by molar-refractivity contribution is 0.122. The molecule has 176 valence electrons. The second-order valence-electron chi connectivity index (χ2n) is 9.38. The van der Waals surface area contributed by atoms with Gasteiger partial charge in [-0.25, -0.2) is 4.98 Å². The van der Waals surface area contributed by atoms with Crippen LogP contribution in [0.15, 0.2) is 54.7 Å². The van der Waals surface area contributed by atoms with E-state index in [4.69, 9.17) is 24.7 Å². The predicted molar refractivity (Wildman–Crippen MR) is 136 cm³/mol. The molecule has 0 unspecified atom stereocenters. The quantitative estimate of drug-likeness (QED) is 0.408. The maximum Gasteiger partial charge on any atom is 0.241 e. The number of nitrogens with one attached hydrogen (secondary N) is 1. The van der Waals surface area contributed by atoms with Gasteiger partial charge in [-0.1, -0.05) is 37.1 Å². The first kappa shape index (κ1) is 20.6. The number of hydrogen-bond acceptors (Lipinski definition) is 6. The first-order valence-electron chi connectivity index (χ1n) is 12.5. The summed E-state index contributed by atoms with van der Waals surface area (Å²) in [7, 11) is 0. The molecule has 5 aromatic rings. The van der Waals surface area contributed by atoms with E-state index in [0.717, 1.165) is 59.3 Å². The number of fused-ring (bicyclic) bond motifs is 2. The van der Waals surface area contributed by atoms with Gasteiger partial charge in [-0.2, -0.15) is 15.0 Å². The molecule has 35 heavy (non-hydrogen) atoms. The van der Waals surface area contributed by atoms with E-state index in [9.17, 15) is 0 Å². The van der Waals surface area contributed by atoms with Crippen molar-refractivity contribution in [3.05, 3.63) is 60.6 Å². The lowest BCUT2D eigenvalue weighted by Gasteiger charge is -2.27. The van der Waals surface area contributed by atoms with Gasteiger partial charge < -0.3 is 14.6 Å². The number of anilines is 1. The molecule has 1 saturated carbocycles. The molecule has 2 fully saturated rings. The molecule has 0 atom stereocenters. The first-order valence-corrected chi connectivity index (χ1v) is 12.5. The molecule has 8 nitrogen and oxygen atoms in total. The Hall–Kier alpha value is -3.78. The number of rotatable bonds is 4. The SMILES string of the molecule is c1ccc2c(c1)nc(C1CCCC1)n2-c1nc(-c2cccc3[nH]ccc23)nc(N2CCOCC2)n1. The number of aromatic amines is 1. The van der Waals surface area contributed by atoms with Crippen molar-refractivity contribution in [2.24, 2.45) is 0 Å². The van der Waals surface area contributed by atoms with E-state index >= 15 is 0 Å². The molecule has 1 N–H and O–H groups in total. The number of H-pyrrole nitrogens is 1. The highest BCUT2D eigenvalue weighted by atomic mass is 16.5. The van der Waals surface area contributed by atoms with Gasteiger partial charge >= 0.3 is 0 Å². The average Bonchev–Trinajstić information content (AvgIpc) is 3.68. The smallest absolute Gasteiger partial charge is 0.241 e. The van der Waals surface area contributed by atoms with Crippen LogP contribution in [0.3, 0.4) is 0 Å². The minimum Gasteiger partial charge on any atom is -0.378 e. The van der Waals surface area contributed by atoms with Crippen LogP contribution >= 0.6 is 0 Å². The number of morpholine rings is 1. The van der Waals surface area contributed by atoms with Crippen LogP contribution in [0.1, 0.15) is 37.4 Å². The highest BCUT2D eigenvalue weighted by Crippen LogP contribution is 2.37. The molecule has 2 aliphatic rings. The molecular formula is C27H27N7O. The van der Waals surface area contributed by atoms with Crippen molar-refractivity contribution >= 4 is 27.9 Å². The topological polar surface area (TPSA) is 84.8 Å². The van der Waals surface area contributed by atoms with Crippen LogP contribution in [0.4, 0.5) is 5.95 Å². The zero-order valence-electron chi connectivity index (χ0n) is 19.5. The monoisotopic (exact) mass is 465 g/mol. The van der Waals surface area contributed by atoms with E-state index in [0.29, 0.717) is 36.9 Å². The highest BCUT2D eigenvalue weighted by molar-refractivity contribution is 5.93. The Balaban J connectivity index is 1.47. The van der Waals surface area contributed by atoms with Crippen molar-refractivity contribution in [2.45, 2.75) is 31.6 Å². The van der Waals surface area contributed by atoms with Crippen LogP contribution in [-0.4, -0.2) is 55.8 Å². The highest BCUT2D eigenvalue weighted by Gasteiger charge is 2.27. The van der Waals surface area contributed by atoms with E-state index in [1.807, 2.05) is 18.3 Å². The fraction of sp³-hybridized carbons (Fsp3) is 0.333. The lowest BCUT2D eigenvalue weighted by Crippen LogP contribution is -2.37. The zero-order chi connectivity index (χ0) is 23.2. The molecule has 0 radical (unpaired) electrons. The van der Waals surface area contributed by atoms with Gasteiger partial charge in [0.25, 0.3) is 0 Å². The molecule has 0 bridgehead atoms. The fourth-order valence-corrected chi connectivity index (χ4v) is 5.47. The summed E-state index contributed by atoms with van der Waals surface area (Å²) in [5, 5.41) is 1.10. The summed E-state index contributed by atoms with van der Waals surface area (Å²) in [4.78, 5) is 25.7. The number of nitrogens with zero attached hydrogens (tertiary/aromatic N) is 6. The molecule has 1 saturated heterocycles. The van der Waals surface area contributed by atoms with Crippen LogP contribution in [0, 0.1) is 0 Å². The van der Waals surface area contributed by atoms with Crippen molar-refractivity contribution in [3.63, 3.8) is 0 Å². The molecule has 0 spiro atoms. The Morgan fingerprint density at radius 2 is 1.66 bits per heavy atom. The second-order valence-corrected chi connectivity index (χ2v) is 9.38. The summed E-state index contributed by atoms with van der Waals surface area (Å²) < 4.78 is 7.78. The Morgan fingerprint density at radius 3 is 2.54 bits per heavy atom.